The average molecular weight is 254 g/mol. The Morgan fingerprint density at radius 1 is 1.32 bits per heavy atom. The summed E-state index contributed by atoms with van der Waals surface area (Å²) in [6, 6.07) is 10.4. The van der Waals surface area contributed by atoms with Crippen molar-refractivity contribution >= 4 is 11.6 Å². The molecular formula is C15H18N4. The lowest BCUT2D eigenvalue weighted by molar-refractivity contribution is 0.664. The second-order valence-electron chi connectivity index (χ2n) is 4.94. The number of benzene rings is 1. The van der Waals surface area contributed by atoms with Crippen LogP contribution < -0.4 is 10.6 Å². The molecular weight excluding hydrogens is 236 g/mol. The molecule has 0 aliphatic carbocycles. The maximum Gasteiger partial charge on any atom is 0.230 e. The number of anilines is 2. The fourth-order valence-electron chi connectivity index (χ4n) is 2.70. The summed E-state index contributed by atoms with van der Waals surface area (Å²) in [6.07, 6.45) is 2.82. The van der Waals surface area contributed by atoms with E-state index >= 15 is 0 Å². The molecule has 4 nitrogen and oxygen atoms in total. The van der Waals surface area contributed by atoms with Crippen molar-refractivity contribution in [1.29, 1.82) is 0 Å². The van der Waals surface area contributed by atoms with Gasteiger partial charge in [-0.15, -0.1) is 0 Å². The van der Waals surface area contributed by atoms with Crippen molar-refractivity contribution in [1.82, 2.24) is 9.97 Å². The first-order valence-electron chi connectivity index (χ1n) is 6.66. The summed E-state index contributed by atoms with van der Waals surface area (Å²) in [4.78, 5) is 11.1. The smallest absolute Gasteiger partial charge is 0.230 e. The molecule has 0 bridgehead atoms. The lowest BCUT2D eigenvalue weighted by atomic mass is 9.98. The summed E-state index contributed by atoms with van der Waals surface area (Å²) in [7, 11) is 0. The standard InChI is InChI=1S/C15H18N4/c1-11-7-9-17-15(18-11)19-10-12(6-8-16)13-4-2-3-5-14(13)19/h2-5,7,9,12H,6,8,10,16H2,1H3. The zero-order chi connectivity index (χ0) is 13.2. The summed E-state index contributed by atoms with van der Waals surface area (Å²) in [5.74, 6) is 1.26. The molecule has 0 spiro atoms. The van der Waals surface area contributed by atoms with Crippen LogP contribution in [0.1, 0.15) is 23.6 Å². The molecule has 1 aromatic carbocycles. The SMILES string of the molecule is Cc1ccnc(N2CC(CCN)c3ccccc32)n1. The highest BCUT2D eigenvalue weighted by Crippen LogP contribution is 2.40. The van der Waals surface area contributed by atoms with Crippen LogP contribution in [0.15, 0.2) is 36.5 Å². The molecule has 4 heteroatoms. The van der Waals surface area contributed by atoms with Gasteiger partial charge in [-0.3, -0.25) is 0 Å². The quantitative estimate of drug-likeness (QED) is 0.913. The zero-order valence-electron chi connectivity index (χ0n) is 11.1. The third-order valence-corrected chi connectivity index (χ3v) is 3.61. The van der Waals surface area contributed by atoms with Gasteiger partial charge in [0.2, 0.25) is 5.95 Å². The largest absolute Gasteiger partial charge is 0.330 e. The molecule has 1 aromatic heterocycles. The summed E-state index contributed by atoms with van der Waals surface area (Å²) in [5, 5.41) is 0. The van der Waals surface area contributed by atoms with Crippen LogP contribution in [-0.2, 0) is 0 Å². The summed E-state index contributed by atoms with van der Waals surface area (Å²) in [5.41, 5.74) is 9.29. The van der Waals surface area contributed by atoms with Crippen molar-refractivity contribution in [3.8, 4) is 0 Å². The Morgan fingerprint density at radius 3 is 2.95 bits per heavy atom. The molecule has 0 radical (unpaired) electrons. The predicted octanol–water partition coefficient (Wildman–Crippen LogP) is 2.37. The van der Waals surface area contributed by atoms with E-state index in [1.807, 2.05) is 19.2 Å². The van der Waals surface area contributed by atoms with E-state index in [9.17, 15) is 0 Å². The monoisotopic (exact) mass is 254 g/mol. The molecule has 2 N–H and O–H groups in total. The number of nitrogens with two attached hydrogens (primary N) is 1. The lowest BCUT2D eigenvalue weighted by Crippen LogP contribution is -2.19. The average Bonchev–Trinajstić information content (AvgIpc) is 2.79. The van der Waals surface area contributed by atoms with Crippen LogP contribution in [0.25, 0.3) is 0 Å². The normalized spacial score (nSPS) is 17.6. The van der Waals surface area contributed by atoms with Crippen LogP contribution in [0.3, 0.4) is 0 Å². The molecule has 2 heterocycles. The number of para-hydroxylation sites is 1. The minimum atomic E-state index is 0.477. The number of nitrogens with zero attached hydrogens (tertiary/aromatic N) is 3. The van der Waals surface area contributed by atoms with Gasteiger partial charge in [0.15, 0.2) is 0 Å². The fourth-order valence-corrected chi connectivity index (χ4v) is 2.70. The Kier molecular flexibility index (Phi) is 3.17. The Balaban J connectivity index is 2.00. The first kappa shape index (κ1) is 12.1. The van der Waals surface area contributed by atoms with Gasteiger partial charge in [0.1, 0.15) is 0 Å². The van der Waals surface area contributed by atoms with E-state index in [1.165, 1.54) is 11.3 Å². The first-order valence-corrected chi connectivity index (χ1v) is 6.66. The van der Waals surface area contributed by atoms with E-state index in [2.05, 4.69) is 39.1 Å². The Labute approximate surface area is 113 Å². The van der Waals surface area contributed by atoms with Crippen LogP contribution in [-0.4, -0.2) is 23.1 Å². The van der Waals surface area contributed by atoms with Crippen molar-refractivity contribution in [2.75, 3.05) is 18.0 Å². The Morgan fingerprint density at radius 2 is 2.16 bits per heavy atom. The van der Waals surface area contributed by atoms with E-state index in [-0.39, 0.29) is 0 Å². The molecule has 1 unspecified atom stereocenters. The number of aryl methyl sites for hydroxylation is 1. The Bertz CT molecular complexity index is 582. The fraction of sp³-hybridized carbons (Fsp3) is 0.333. The first-order chi connectivity index (χ1) is 9.29. The third kappa shape index (κ3) is 2.19. The van der Waals surface area contributed by atoms with E-state index in [4.69, 9.17) is 5.73 Å². The van der Waals surface area contributed by atoms with Crippen molar-refractivity contribution in [3.63, 3.8) is 0 Å². The molecule has 1 aliphatic rings. The zero-order valence-corrected chi connectivity index (χ0v) is 11.1. The highest BCUT2D eigenvalue weighted by Gasteiger charge is 2.29. The summed E-state index contributed by atoms with van der Waals surface area (Å²) < 4.78 is 0. The summed E-state index contributed by atoms with van der Waals surface area (Å²) >= 11 is 0. The van der Waals surface area contributed by atoms with Crippen LogP contribution in [0, 0.1) is 6.92 Å². The maximum atomic E-state index is 5.72. The summed E-state index contributed by atoms with van der Waals surface area (Å²) in [6.45, 7) is 3.62. The number of aromatic nitrogens is 2. The highest BCUT2D eigenvalue weighted by molar-refractivity contribution is 5.67. The van der Waals surface area contributed by atoms with E-state index < -0.39 is 0 Å². The molecule has 2 aromatic rings. The molecule has 0 amide bonds. The van der Waals surface area contributed by atoms with Gasteiger partial charge in [-0.05, 0) is 37.6 Å². The highest BCUT2D eigenvalue weighted by atomic mass is 15.3. The minimum Gasteiger partial charge on any atom is -0.330 e. The van der Waals surface area contributed by atoms with Gasteiger partial charge in [-0.1, -0.05) is 18.2 Å². The minimum absolute atomic E-state index is 0.477. The van der Waals surface area contributed by atoms with Crippen LogP contribution >= 0.6 is 0 Å². The molecule has 0 fully saturated rings. The van der Waals surface area contributed by atoms with E-state index in [0.29, 0.717) is 12.5 Å². The van der Waals surface area contributed by atoms with Gasteiger partial charge < -0.3 is 10.6 Å². The van der Waals surface area contributed by atoms with Gasteiger partial charge in [0.05, 0.1) is 0 Å². The molecule has 1 aliphatic heterocycles. The van der Waals surface area contributed by atoms with Crippen molar-refractivity contribution in [2.45, 2.75) is 19.3 Å². The van der Waals surface area contributed by atoms with Gasteiger partial charge in [0, 0.05) is 30.0 Å². The second-order valence-corrected chi connectivity index (χ2v) is 4.94. The van der Waals surface area contributed by atoms with E-state index in [1.54, 1.807) is 0 Å². The number of hydrogen-bond donors (Lipinski definition) is 1. The van der Waals surface area contributed by atoms with Gasteiger partial charge >= 0.3 is 0 Å². The van der Waals surface area contributed by atoms with E-state index in [0.717, 1.165) is 24.6 Å². The number of hydrogen-bond acceptors (Lipinski definition) is 4. The topological polar surface area (TPSA) is 55.0 Å². The Hall–Kier alpha value is -1.94. The molecule has 0 saturated heterocycles. The van der Waals surface area contributed by atoms with Gasteiger partial charge in [0.25, 0.3) is 0 Å². The predicted molar refractivity (Wildman–Crippen MR) is 76.6 cm³/mol. The number of fused-ring (bicyclic) bond motifs is 1. The third-order valence-electron chi connectivity index (χ3n) is 3.61. The van der Waals surface area contributed by atoms with Crippen LogP contribution in [0.2, 0.25) is 0 Å². The maximum absolute atomic E-state index is 5.72. The van der Waals surface area contributed by atoms with Crippen LogP contribution in [0.4, 0.5) is 11.6 Å². The lowest BCUT2D eigenvalue weighted by Gasteiger charge is -2.17. The molecule has 98 valence electrons. The van der Waals surface area contributed by atoms with Gasteiger partial charge in [-0.2, -0.15) is 0 Å². The molecule has 0 saturated carbocycles. The molecule has 1 atom stereocenters. The van der Waals surface area contributed by atoms with Crippen molar-refractivity contribution in [3.05, 3.63) is 47.8 Å². The number of rotatable bonds is 3. The molecule has 3 rings (SSSR count). The van der Waals surface area contributed by atoms with Crippen LogP contribution in [0.5, 0.6) is 0 Å². The second kappa shape index (κ2) is 4.97. The van der Waals surface area contributed by atoms with Crippen molar-refractivity contribution in [2.24, 2.45) is 5.73 Å². The van der Waals surface area contributed by atoms with Crippen molar-refractivity contribution < 1.29 is 0 Å². The molecule has 19 heavy (non-hydrogen) atoms. The van der Waals surface area contributed by atoms with Gasteiger partial charge in [-0.25, -0.2) is 9.97 Å².